The second kappa shape index (κ2) is 7.92. The maximum absolute atomic E-state index is 13.2. The highest BCUT2D eigenvalue weighted by atomic mass is 19.1. The summed E-state index contributed by atoms with van der Waals surface area (Å²) < 4.78 is 18.7. The molecule has 1 amide bonds. The number of carbonyl (C=O) groups excluding carboxylic acids is 1. The highest BCUT2D eigenvalue weighted by Gasteiger charge is 2.08. The molecule has 140 valence electrons. The zero-order valence-corrected chi connectivity index (χ0v) is 15.0. The van der Waals surface area contributed by atoms with E-state index in [1.165, 1.54) is 12.1 Å². The Morgan fingerprint density at radius 1 is 1.11 bits per heavy atom. The van der Waals surface area contributed by atoms with Crippen molar-refractivity contribution in [2.75, 3.05) is 0 Å². The molecule has 4 aromatic rings. The molecule has 0 radical (unpaired) electrons. The van der Waals surface area contributed by atoms with Crippen LogP contribution in [0.25, 0.3) is 10.9 Å². The van der Waals surface area contributed by atoms with Crippen molar-refractivity contribution in [3.63, 3.8) is 0 Å². The number of para-hydroxylation sites is 1. The minimum atomic E-state index is -0.368. The van der Waals surface area contributed by atoms with E-state index in [0.29, 0.717) is 24.6 Å². The summed E-state index contributed by atoms with van der Waals surface area (Å²) in [6, 6.07) is 17.3. The summed E-state index contributed by atoms with van der Waals surface area (Å²) in [5, 5.41) is 3.95. The first-order valence-electron chi connectivity index (χ1n) is 8.87. The largest absolute Gasteiger partial charge is 0.439 e. The maximum atomic E-state index is 13.2. The molecule has 0 aliphatic carbocycles. The molecular weight excluding hydrogens is 357 g/mol. The van der Waals surface area contributed by atoms with Crippen molar-refractivity contribution >= 4 is 16.8 Å². The van der Waals surface area contributed by atoms with Crippen molar-refractivity contribution < 1.29 is 13.9 Å². The Morgan fingerprint density at radius 2 is 2.00 bits per heavy atom. The predicted octanol–water partition coefficient (Wildman–Crippen LogP) is 4.35. The molecule has 0 aliphatic heterocycles. The number of nitrogens with one attached hydrogen (secondary N) is 2. The molecule has 0 bridgehead atoms. The number of carbonyl (C=O) groups is 1. The van der Waals surface area contributed by atoms with E-state index in [-0.39, 0.29) is 11.7 Å². The summed E-state index contributed by atoms with van der Waals surface area (Å²) in [6.45, 7) is 0.369. The van der Waals surface area contributed by atoms with Crippen LogP contribution in [0, 0.1) is 5.82 Å². The second-order valence-corrected chi connectivity index (χ2v) is 6.38. The molecule has 0 saturated carbocycles. The van der Waals surface area contributed by atoms with Gasteiger partial charge in [-0.2, -0.15) is 0 Å². The molecular formula is C22H18FN3O2. The van der Waals surface area contributed by atoms with Crippen molar-refractivity contribution in [2.24, 2.45) is 0 Å². The number of hydrogen-bond donors (Lipinski definition) is 2. The Balaban J connectivity index is 1.32. The van der Waals surface area contributed by atoms with E-state index in [2.05, 4.69) is 15.3 Å². The van der Waals surface area contributed by atoms with Gasteiger partial charge in [0.2, 0.25) is 11.8 Å². The van der Waals surface area contributed by atoms with E-state index in [1.54, 1.807) is 24.4 Å². The van der Waals surface area contributed by atoms with Gasteiger partial charge < -0.3 is 15.0 Å². The first-order chi connectivity index (χ1) is 13.7. The van der Waals surface area contributed by atoms with Gasteiger partial charge >= 0.3 is 0 Å². The Hall–Kier alpha value is -3.67. The Labute approximate surface area is 161 Å². The normalized spacial score (nSPS) is 10.8. The number of benzene rings is 2. The summed E-state index contributed by atoms with van der Waals surface area (Å²) in [6.07, 6.45) is 3.79. The molecule has 6 heteroatoms. The van der Waals surface area contributed by atoms with E-state index in [9.17, 15) is 9.18 Å². The Kier molecular flexibility index (Phi) is 5.01. The molecule has 2 aromatic heterocycles. The lowest BCUT2D eigenvalue weighted by Crippen LogP contribution is -2.24. The SMILES string of the molecule is O=C(Cc1c[nH]c2ccccc12)NCc1ccc(Oc2cccc(F)c2)nc1. The van der Waals surface area contributed by atoms with Crippen molar-refractivity contribution in [2.45, 2.75) is 13.0 Å². The van der Waals surface area contributed by atoms with Crippen LogP contribution in [0.3, 0.4) is 0 Å². The van der Waals surface area contributed by atoms with Crippen LogP contribution in [0.4, 0.5) is 4.39 Å². The minimum Gasteiger partial charge on any atom is -0.439 e. The van der Waals surface area contributed by atoms with Crippen molar-refractivity contribution in [3.8, 4) is 11.6 Å². The van der Waals surface area contributed by atoms with E-state index in [0.717, 1.165) is 22.0 Å². The minimum absolute atomic E-state index is 0.0650. The van der Waals surface area contributed by atoms with Crippen LogP contribution in [0.15, 0.2) is 73.1 Å². The summed E-state index contributed by atoms with van der Waals surface area (Å²) in [5.41, 5.74) is 2.83. The molecule has 0 spiro atoms. The number of aromatic amines is 1. The van der Waals surface area contributed by atoms with E-state index < -0.39 is 0 Å². The zero-order chi connectivity index (χ0) is 19.3. The van der Waals surface area contributed by atoms with Gasteiger partial charge in [0.05, 0.1) is 6.42 Å². The number of nitrogens with zero attached hydrogens (tertiary/aromatic N) is 1. The lowest BCUT2D eigenvalue weighted by molar-refractivity contribution is -0.120. The number of pyridine rings is 1. The molecule has 5 nitrogen and oxygen atoms in total. The molecule has 0 fully saturated rings. The van der Waals surface area contributed by atoms with Gasteiger partial charge in [-0.3, -0.25) is 4.79 Å². The predicted molar refractivity (Wildman–Crippen MR) is 105 cm³/mol. The molecule has 2 heterocycles. The second-order valence-electron chi connectivity index (χ2n) is 6.38. The standard InChI is InChI=1S/C22H18FN3O2/c23-17-4-3-5-18(11-17)28-22-9-8-15(13-26-22)12-25-21(27)10-16-14-24-20-7-2-1-6-19(16)20/h1-9,11,13-14,24H,10,12H2,(H,25,27). The molecule has 0 saturated heterocycles. The van der Waals surface area contributed by atoms with Crippen LogP contribution in [0.1, 0.15) is 11.1 Å². The monoisotopic (exact) mass is 375 g/mol. The highest BCUT2D eigenvalue weighted by molar-refractivity contribution is 5.88. The van der Waals surface area contributed by atoms with Crippen LogP contribution in [-0.4, -0.2) is 15.9 Å². The highest BCUT2D eigenvalue weighted by Crippen LogP contribution is 2.20. The van der Waals surface area contributed by atoms with Gasteiger partial charge in [0.1, 0.15) is 11.6 Å². The quantitative estimate of drug-likeness (QED) is 0.526. The lowest BCUT2D eigenvalue weighted by Gasteiger charge is -2.07. The van der Waals surface area contributed by atoms with Crippen molar-refractivity contribution in [1.82, 2.24) is 15.3 Å². The van der Waals surface area contributed by atoms with Gasteiger partial charge in [-0.15, -0.1) is 0 Å². The van der Waals surface area contributed by atoms with Crippen LogP contribution in [-0.2, 0) is 17.8 Å². The average molecular weight is 375 g/mol. The van der Waals surface area contributed by atoms with Gasteiger partial charge in [0, 0.05) is 42.0 Å². The summed E-state index contributed by atoms with van der Waals surface area (Å²) in [4.78, 5) is 19.6. The van der Waals surface area contributed by atoms with E-state index in [1.807, 2.05) is 36.5 Å². The fourth-order valence-corrected chi connectivity index (χ4v) is 2.94. The Morgan fingerprint density at radius 3 is 2.82 bits per heavy atom. The third kappa shape index (κ3) is 4.17. The van der Waals surface area contributed by atoms with Gasteiger partial charge in [-0.1, -0.05) is 30.3 Å². The number of H-pyrrole nitrogens is 1. The van der Waals surface area contributed by atoms with E-state index in [4.69, 9.17) is 4.74 Å². The summed E-state index contributed by atoms with van der Waals surface area (Å²) in [5.74, 6) is 0.309. The molecule has 2 aromatic carbocycles. The van der Waals surface area contributed by atoms with E-state index >= 15 is 0 Å². The Bertz CT molecular complexity index is 1110. The van der Waals surface area contributed by atoms with Gasteiger partial charge in [0.25, 0.3) is 0 Å². The van der Waals surface area contributed by atoms with Crippen LogP contribution < -0.4 is 10.1 Å². The van der Waals surface area contributed by atoms with Crippen LogP contribution in [0.5, 0.6) is 11.6 Å². The topological polar surface area (TPSA) is 67.0 Å². The molecule has 28 heavy (non-hydrogen) atoms. The fraction of sp³-hybridized carbons (Fsp3) is 0.0909. The summed E-state index contributed by atoms with van der Waals surface area (Å²) in [7, 11) is 0. The molecule has 0 atom stereocenters. The number of rotatable bonds is 6. The first-order valence-corrected chi connectivity index (χ1v) is 8.87. The third-order valence-electron chi connectivity index (χ3n) is 4.33. The fourth-order valence-electron chi connectivity index (χ4n) is 2.94. The van der Waals surface area contributed by atoms with Crippen LogP contribution in [0.2, 0.25) is 0 Å². The van der Waals surface area contributed by atoms with Crippen molar-refractivity contribution in [1.29, 1.82) is 0 Å². The first kappa shape index (κ1) is 17.7. The molecule has 0 aliphatic rings. The number of fused-ring (bicyclic) bond motifs is 1. The lowest BCUT2D eigenvalue weighted by atomic mass is 10.1. The van der Waals surface area contributed by atoms with Crippen molar-refractivity contribution in [3.05, 3.63) is 90.0 Å². The third-order valence-corrected chi connectivity index (χ3v) is 4.33. The number of aromatic nitrogens is 2. The maximum Gasteiger partial charge on any atom is 0.224 e. The number of hydrogen-bond acceptors (Lipinski definition) is 3. The zero-order valence-electron chi connectivity index (χ0n) is 15.0. The molecule has 2 N–H and O–H groups in total. The summed E-state index contributed by atoms with van der Waals surface area (Å²) >= 11 is 0. The van der Waals surface area contributed by atoms with Crippen LogP contribution >= 0.6 is 0 Å². The van der Waals surface area contributed by atoms with Gasteiger partial charge in [-0.05, 0) is 29.3 Å². The van der Waals surface area contributed by atoms with Gasteiger partial charge in [0.15, 0.2) is 0 Å². The molecule has 0 unspecified atom stereocenters. The number of halogens is 1. The smallest absolute Gasteiger partial charge is 0.224 e. The van der Waals surface area contributed by atoms with Gasteiger partial charge in [-0.25, -0.2) is 9.37 Å². The average Bonchev–Trinajstić information content (AvgIpc) is 3.10. The molecule has 4 rings (SSSR count). The number of amides is 1. The number of ether oxygens (including phenoxy) is 1.